The predicted octanol–water partition coefficient (Wildman–Crippen LogP) is 1.73. The molecule has 4 heteroatoms. The summed E-state index contributed by atoms with van der Waals surface area (Å²) in [6, 6.07) is 6.40. The fraction of sp³-hybridized carbons (Fsp3) is 0.385. The molecular weight excluding hydrogens is 214 g/mol. The van der Waals surface area contributed by atoms with Gasteiger partial charge < -0.3 is 10.3 Å². The highest BCUT2D eigenvalue weighted by atomic mass is 16.5. The van der Waals surface area contributed by atoms with E-state index in [1.54, 1.807) is 0 Å². The van der Waals surface area contributed by atoms with E-state index in [2.05, 4.69) is 28.3 Å². The molecule has 4 nitrogen and oxygen atoms in total. The van der Waals surface area contributed by atoms with Gasteiger partial charge >= 0.3 is 0 Å². The second kappa shape index (κ2) is 4.30. The van der Waals surface area contributed by atoms with Crippen LogP contribution < -0.4 is 5.73 Å². The van der Waals surface area contributed by atoms with E-state index in [4.69, 9.17) is 10.3 Å². The maximum atomic E-state index is 5.46. The van der Waals surface area contributed by atoms with Gasteiger partial charge in [0.2, 0.25) is 0 Å². The highest BCUT2D eigenvalue weighted by Crippen LogP contribution is 2.27. The summed E-state index contributed by atoms with van der Waals surface area (Å²) in [5.41, 5.74) is 9.35. The summed E-state index contributed by atoms with van der Waals surface area (Å²) in [6.07, 6.45) is 4.26. The normalized spacial score (nSPS) is 13.9. The minimum Gasteiger partial charge on any atom is -0.334 e. The van der Waals surface area contributed by atoms with E-state index in [0.29, 0.717) is 24.7 Å². The Kier molecular flexibility index (Phi) is 2.65. The first-order valence-electron chi connectivity index (χ1n) is 6.01. The second-order valence-electron chi connectivity index (χ2n) is 4.39. The molecule has 1 aliphatic carbocycles. The average molecular weight is 229 g/mol. The molecule has 88 valence electrons. The van der Waals surface area contributed by atoms with Crippen molar-refractivity contribution in [3.63, 3.8) is 0 Å². The zero-order chi connectivity index (χ0) is 11.7. The van der Waals surface area contributed by atoms with E-state index in [-0.39, 0.29) is 0 Å². The predicted molar refractivity (Wildman–Crippen MR) is 64.5 cm³/mol. The van der Waals surface area contributed by atoms with Gasteiger partial charge in [-0.2, -0.15) is 4.98 Å². The molecule has 2 aromatic rings. The van der Waals surface area contributed by atoms with E-state index in [1.165, 1.54) is 24.0 Å². The third-order valence-corrected chi connectivity index (χ3v) is 3.18. The highest BCUT2D eigenvalue weighted by molar-refractivity contribution is 5.56. The number of aryl methyl sites for hydroxylation is 2. The molecule has 0 bridgehead atoms. The van der Waals surface area contributed by atoms with E-state index in [9.17, 15) is 0 Å². The molecule has 2 N–H and O–H groups in total. The minimum atomic E-state index is 0.545. The van der Waals surface area contributed by atoms with Crippen molar-refractivity contribution in [3.05, 3.63) is 35.2 Å². The molecule has 0 fully saturated rings. The quantitative estimate of drug-likeness (QED) is 0.870. The molecule has 0 saturated carbocycles. The van der Waals surface area contributed by atoms with Crippen LogP contribution in [-0.4, -0.2) is 16.7 Å². The highest BCUT2D eigenvalue weighted by Gasteiger charge is 2.14. The molecule has 0 saturated heterocycles. The Bertz CT molecular complexity index is 533. The molecule has 1 aromatic heterocycles. The van der Waals surface area contributed by atoms with Gasteiger partial charge in [0.25, 0.3) is 5.89 Å². The van der Waals surface area contributed by atoms with Crippen LogP contribution in [0.25, 0.3) is 11.5 Å². The molecule has 17 heavy (non-hydrogen) atoms. The molecule has 0 amide bonds. The zero-order valence-electron chi connectivity index (χ0n) is 9.65. The van der Waals surface area contributed by atoms with Gasteiger partial charge in [0.05, 0.1) is 0 Å². The van der Waals surface area contributed by atoms with Crippen molar-refractivity contribution in [1.29, 1.82) is 0 Å². The van der Waals surface area contributed by atoms with E-state index in [1.807, 2.05) is 0 Å². The summed E-state index contributed by atoms with van der Waals surface area (Å²) in [5.74, 6) is 1.28. The lowest BCUT2D eigenvalue weighted by Crippen LogP contribution is -2.03. The summed E-state index contributed by atoms with van der Waals surface area (Å²) >= 11 is 0. The number of rotatable bonds is 3. The van der Waals surface area contributed by atoms with Gasteiger partial charge in [-0.05, 0) is 49.1 Å². The van der Waals surface area contributed by atoms with Gasteiger partial charge in [0, 0.05) is 12.0 Å². The van der Waals surface area contributed by atoms with Crippen LogP contribution in [0.15, 0.2) is 22.7 Å². The number of hydrogen-bond acceptors (Lipinski definition) is 4. The summed E-state index contributed by atoms with van der Waals surface area (Å²) in [6.45, 7) is 0.545. The molecular formula is C13H15N3O. The number of nitrogens with zero attached hydrogens (tertiary/aromatic N) is 2. The van der Waals surface area contributed by atoms with Crippen molar-refractivity contribution in [2.75, 3.05) is 6.54 Å². The third-order valence-electron chi connectivity index (χ3n) is 3.18. The fourth-order valence-corrected chi connectivity index (χ4v) is 2.31. The molecule has 1 aliphatic rings. The Morgan fingerprint density at radius 3 is 3.00 bits per heavy atom. The zero-order valence-corrected chi connectivity index (χ0v) is 9.65. The van der Waals surface area contributed by atoms with Crippen molar-refractivity contribution in [2.45, 2.75) is 25.7 Å². The minimum absolute atomic E-state index is 0.545. The number of aromatic nitrogens is 2. The standard InChI is InChI=1S/C13H15N3O/c14-7-6-12-15-13(17-16-12)11-5-4-9-2-1-3-10(9)8-11/h4-5,8H,1-3,6-7,14H2. The van der Waals surface area contributed by atoms with Gasteiger partial charge in [0.15, 0.2) is 5.82 Å². The van der Waals surface area contributed by atoms with E-state index < -0.39 is 0 Å². The number of benzene rings is 1. The van der Waals surface area contributed by atoms with Gasteiger partial charge in [-0.3, -0.25) is 0 Å². The fourth-order valence-electron chi connectivity index (χ4n) is 2.31. The molecule has 0 radical (unpaired) electrons. The Labute approximate surface area is 99.8 Å². The van der Waals surface area contributed by atoms with Crippen LogP contribution in [-0.2, 0) is 19.3 Å². The van der Waals surface area contributed by atoms with Gasteiger partial charge in [-0.1, -0.05) is 11.2 Å². The first-order valence-corrected chi connectivity index (χ1v) is 6.01. The number of fused-ring (bicyclic) bond motifs is 1. The molecule has 0 spiro atoms. The van der Waals surface area contributed by atoms with Crippen LogP contribution in [0.1, 0.15) is 23.4 Å². The van der Waals surface area contributed by atoms with Crippen molar-refractivity contribution in [1.82, 2.24) is 10.1 Å². The first-order chi connectivity index (χ1) is 8.36. The summed E-state index contributed by atoms with van der Waals surface area (Å²) in [5, 5.41) is 3.91. The number of hydrogen-bond donors (Lipinski definition) is 1. The monoisotopic (exact) mass is 229 g/mol. The van der Waals surface area contributed by atoms with Gasteiger partial charge in [-0.15, -0.1) is 0 Å². The molecule has 1 aromatic carbocycles. The topological polar surface area (TPSA) is 64.9 Å². The molecule has 0 atom stereocenters. The van der Waals surface area contributed by atoms with Crippen molar-refractivity contribution in [2.24, 2.45) is 5.73 Å². The Hall–Kier alpha value is -1.68. The first kappa shape index (κ1) is 10.5. The Morgan fingerprint density at radius 2 is 2.12 bits per heavy atom. The van der Waals surface area contributed by atoms with Crippen LogP contribution in [0.3, 0.4) is 0 Å². The molecule has 0 unspecified atom stereocenters. The lowest BCUT2D eigenvalue weighted by Gasteiger charge is -2.00. The Morgan fingerprint density at radius 1 is 1.24 bits per heavy atom. The van der Waals surface area contributed by atoms with Crippen LogP contribution in [0.5, 0.6) is 0 Å². The maximum absolute atomic E-state index is 5.46. The Balaban J connectivity index is 1.92. The summed E-state index contributed by atoms with van der Waals surface area (Å²) in [7, 11) is 0. The van der Waals surface area contributed by atoms with Crippen molar-refractivity contribution in [3.8, 4) is 11.5 Å². The smallest absolute Gasteiger partial charge is 0.257 e. The van der Waals surface area contributed by atoms with Crippen LogP contribution >= 0.6 is 0 Å². The van der Waals surface area contributed by atoms with E-state index in [0.717, 1.165) is 12.0 Å². The SMILES string of the molecule is NCCc1noc(-c2ccc3c(c2)CCC3)n1. The van der Waals surface area contributed by atoms with Crippen molar-refractivity contribution < 1.29 is 4.52 Å². The second-order valence-corrected chi connectivity index (χ2v) is 4.39. The van der Waals surface area contributed by atoms with Gasteiger partial charge in [0.1, 0.15) is 0 Å². The molecule has 0 aliphatic heterocycles. The van der Waals surface area contributed by atoms with Crippen LogP contribution in [0, 0.1) is 0 Å². The third kappa shape index (κ3) is 1.96. The lowest BCUT2D eigenvalue weighted by atomic mass is 10.1. The lowest BCUT2D eigenvalue weighted by molar-refractivity contribution is 0.422. The average Bonchev–Trinajstić information content (AvgIpc) is 2.96. The van der Waals surface area contributed by atoms with Crippen molar-refractivity contribution >= 4 is 0 Å². The summed E-state index contributed by atoms with van der Waals surface area (Å²) < 4.78 is 5.25. The largest absolute Gasteiger partial charge is 0.334 e. The van der Waals surface area contributed by atoms with Gasteiger partial charge in [-0.25, -0.2) is 0 Å². The number of nitrogens with two attached hydrogens (primary N) is 1. The maximum Gasteiger partial charge on any atom is 0.257 e. The molecule has 1 heterocycles. The van der Waals surface area contributed by atoms with Crippen LogP contribution in [0.4, 0.5) is 0 Å². The summed E-state index contributed by atoms with van der Waals surface area (Å²) in [4.78, 5) is 4.34. The molecule has 3 rings (SSSR count). The van der Waals surface area contributed by atoms with E-state index >= 15 is 0 Å². The van der Waals surface area contributed by atoms with Crippen LogP contribution in [0.2, 0.25) is 0 Å².